The smallest absolute Gasteiger partial charge is 0.310 e. The van der Waals surface area contributed by atoms with Crippen molar-refractivity contribution in [2.45, 2.75) is 18.9 Å². The molecule has 2 aromatic heterocycles. The molecule has 1 fully saturated rings. The molecule has 3 heterocycles. The standard InChI is InChI=1S/C17H19BrN4O3/c1-25-17(24)11-4-6-19-7-5-13(11)22-16(23)14-3-2-10-8-20-9-12(18)15(10)21-14/h2-3,8-9,11,13,19H,4-7H2,1H3,(H,22,23). The Morgan fingerprint density at radius 2 is 2.08 bits per heavy atom. The normalized spacial score (nSPS) is 20.7. The molecule has 0 spiro atoms. The number of carbonyl (C=O) groups excluding carboxylic acids is 2. The van der Waals surface area contributed by atoms with Crippen LogP contribution in [0, 0.1) is 5.92 Å². The van der Waals surface area contributed by atoms with Crippen molar-refractivity contribution in [3.8, 4) is 0 Å². The van der Waals surface area contributed by atoms with E-state index in [1.807, 2.05) is 0 Å². The van der Waals surface area contributed by atoms with E-state index >= 15 is 0 Å². The molecule has 2 N–H and O–H groups in total. The largest absolute Gasteiger partial charge is 0.469 e. The maximum absolute atomic E-state index is 12.7. The van der Waals surface area contributed by atoms with Crippen LogP contribution in [-0.2, 0) is 9.53 Å². The zero-order valence-electron chi connectivity index (χ0n) is 13.8. The first-order chi connectivity index (χ1) is 12.1. The van der Waals surface area contributed by atoms with Crippen molar-refractivity contribution in [3.63, 3.8) is 0 Å². The summed E-state index contributed by atoms with van der Waals surface area (Å²) in [4.78, 5) is 33.2. The van der Waals surface area contributed by atoms with Crippen LogP contribution in [-0.4, -0.2) is 48.1 Å². The molecular formula is C17H19BrN4O3. The van der Waals surface area contributed by atoms with Crippen LogP contribution in [0.5, 0.6) is 0 Å². The number of pyridine rings is 2. The Hall–Kier alpha value is -2.06. The zero-order chi connectivity index (χ0) is 17.8. The summed E-state index contributed by atoms with van der Waals surface area (Å²) in [6.45, 7) is 1.46. The van der Waals surface area contributed by atoms with Crippen molar-refractivity contribution in [2.24, 2.45) is 5.92 Å². The van der Waals surface area contributed by atoms with E-state index < -0.39 is 0 Å². The lowest BCUT2D eigenvalue weighted by molar-refractivity contribution is -0.146. The van der Waals surface area contributed by atoms with Gasteiger partial charge in [0.25, 0.3) is 5.91 Å². The van der Waals surface area contributed by atoms with Gasteiger partial charge >= 0.3 is 5.97 Å². The number of methoxy groups -OCH3 is 1. The predicted octanol–water partition coefficient (Wildman–Crippen LogP) is 1.66. The van der Waals surface area contributed by atoms with Crippen molar-refractivity contribution >= 4 is 38.7 Å². The molecule has 1 amide bonds. The van der Waals surface area contributed by atoms with Gasteiger partial charge in [0.2, 0.25) is 0 Å². The molecule has 2 atom stereocenters. The maximum atomic E-state index is 12.7. The minimum absolute atomic E-state index is 0.284. The van der Waals surface area contributed by atoms with E-state index in [0.29, 0.717) is 24.1 Å². The second-order valence-electron chi connectivity index (χ2n) is 5.93. The van der Waals surface area contributed by atoms with Crippen LogP contribution in [0.25, 0.3) is 10.9 Å². The highest BCUT2D eigenvalue weighted by Crippen LogP contribution is 2.21. The van der Waals surface area contributed by atoms with E-state index in [1.54, 1.807) is 24.5 Å². The molecule has 1 saturated heterocycles. The average molecular weight is 407 g/mol. The highest BCUT2D eigenvalue weighted by atomic mass is 79.9. The van der Waals surface area contributed by atoms with Crippen LogP contribution in [0.1, 0.15) is 23.3 Å². The van der Waals surface area contributed by atoms with Gasteiger partial charge in [-0.1, -0.05) is 0 Å². The number of amides is 1. The molecule has 132 valence electrons. The van der Waals surface area contributed by atoms with Crippen LogP contribution in [0.4, 0.5) is 0 Å². The summed E-state index contributed by atoms with van der Waals surface area (Å²) in [7, 11) is 1.37. The number of carbonyl (C=O) groups is 2. The van der Waals surface area contributed by atoms with Crippen LogP contribution in [0.2, 0.25) is 0 Å². The molecule has 8 heteroatoms. The van der Waals surface area contributed by atoms with Crippen molar-refractivity contribution < 1.29 is 14.3 Å². The summed E-state index contributed by atoms with van der Waals surface area (Å²) in [5, 5.41) is 7.04. The van der Waals surface area contributed by atoms with Gasteiger partial charge in [0, 0.05) is 23.8 Å². The number of nitrogens with zero attached hydrogens (tertiary/aromatic N) is 2. The topological polar surface area (TPSA) is 93.2 Å². The fourth-order valence-electron chi connectivity index (χ4n) is 3.03. The minimum Gasteiger partial charge on any atom is -0.469 e. The first kappa shape index (κ1) is 17.8. The number of aromatic nitrogens is 2. The fraction of sp³-hybridized carbons (Fsp3) is 0.412. The zero-order valence-corrected chi connectivity index (χ0v) is 15.4. The van der Waals surface area contributed by atoms with Crippen LogP contribution >= 0.6 is 15.9 Å². The number of fused-ring (bicyclic) bond motifs is 1. The van der Waals surface area contributed by atoms with Crippen LogP contribution < -0.4 is 10.6 Å². The molecule has 0 aliphatic carbocycles. The molecule has 0 saturated carbocycles. The Balaban J connectivity index is 1.82. The monoisotopic (exact) mass is 406 g/mol. The molecule has 0 radical (unpaired) electrons. The summed E-state index contributed by atoms with van der Waals surface area (Å²) in [6, 6.07) is 3.18. The van der Waals surface area contributed by atoms with Gasteiger partial charge in [0.05, 0.1) is 23.0 Å². The van der Waals surface area contributed by atoms with Crippen molar-refractivity contribution in [1.82, 2.24) is 20.6 Å². The van der Waals surface area contributed by atoms with Gasteiger partial charge in [-0.25, -0.2) is 4.98 Å². The van der Waals surface area contributed by atoms with E-state index in [-0.39, 0.29) is 23.8 Å². The highest BCUT2D eigenvalue weighted by Gasteiger charge is 2.32. The second-order valence-corrected chi connectivity index (χ2v) is 6.78. The fourth-order valence-corrected chi connectivity index (χ4v) is 3.46. The summed E-state index contributed by atoms with van der Waals surface area (Å²) >= 11 is 3.40. The third-order valence-corrected chi connectivity index (χ3v) is 4.94. The molecule has 1 aliphatic rings. The first-order valence-electron chi connectivity index (χ1n) is 8.10. The average Bonchev–Trinajstić information content (AvgIpc) is 2.86. The number of esters is 1. The lowest BCUT2D eigenvalue weighted by Crippen LogP contribution is -2.44. The van der Waals surface area contributed by atoms with Crippen molar-refractivity contribution in [2.75, 3.05) is 20.2 Å². The Labute approximate surface area is 153 Å². The third kappa shape index (κ3) is 3.96. The van der Waals surface area contributed by atoms with Gasteiger partial charge in [0.15, 0.2) is 0 Å². The van der Waals surface area contributed by atoms with Crippen molar-refractivity contribution in [3.05, 3.63) is 34.7 Å². The van der Waals surface area contributed by atoms with E-state index in [1.165, 1.54) is 7.11 Å². The first-order valence-corrected chi connectivity index (χ1v) is 8.89. The van der Waals surface area contributed by atoms with E-state index in [0.717, 1.165) is 22.9 Å². The maximum Gasteiger partial charge on any atom is 0.310 e. The number of rotatable bonds is 3. The van der Waals surface area contributed by atoms with Crippen LogP contribution in [0.15, 0.2) is 29.0 Å². The molecule has 3 rings (SSSR count). The molecule has 25 heavy (non-hydrogen) atoms. The Bertz CT molecular complexity index is 799. The number of hydrogen-bond donors (Lipinski definition) is 2. The Kier molecular flexibility index (Phi) is 5.60. The predicted molar refractivity (Wildman–Crippen MR) is 96.1 cm³/mol. The van der Waals surface area contributed by atoms with Gasteiger partial charge in [-0.2, -0.15) is 0 Å². The van der Waals surface area contributed by atoms with Gasteiger partial charge in [0.1, 0.15) is 5.69 Å². The number of ether oxygens (including phenoxy) is 1. The number of halogens is 1. The SMILES string of the molecule is COC(=O)C1CCNCCC1NC(=O)c1ccc2cncc(Br)c2n1. The molecular weight excluding hydrogens is 388 g/mol. The number of nitrogens with one attached hydrogen (secondary N) is 2. The molecule has 0 aromatic carbocycles. The van der Waals surface area contributed by atoms with Crippen molar-refractivity contribution in [1.29, 1.82) is 0 Å². The Morgan fingerprint density at radius 1 is 1.28 bits per heavy atom. The quantitative estimate of drug-likeness (QED) is 0.752. The molecule has 0 bridgehead atoms. The van der Waals surface area contributed by atoms with E-state index in [2.05, 4.69) is 36.5 Å². The third-order valence-electron chi connectivity index (χ3n) is 4.36. The van der Waals surface area contributed by atoms with Gasteiger partial charge in [-0.05, 0) is 54.0 Å². The summed E-state index contributed by atoms with van der Waals surface area (Å²) in [5.74, 6) is -0.957. The minimum atomic E-state index is -0.361. The van der Waals surface area contributed by atoms with E-state index in [4.69, 9.17) is 4.74 Å². The van der Waals surface area contributed by atoms with Gasteiger partial charge in [-0.15, -0.1) is 0 Å². The summed E-state index contributed by atoms with van der Waals surface area (Å²) < 4.78 is 5.62. The second kappa shape index (κ2) is 7.88. The van der Waals surface area contributed by atoms with Crippen LogP contribution in [0.3, 0.4) is 0 Å². The molecule has 2 aromatic rings. The van der Waals surface area contributed by atoms with Gasteiger partial charge < -0.3 is 15.4 Å². The summed E-state index contributed by atoms with van der Waals surface area (Å²) in [5.41, 5.74) is 0.981. The van der Waals surface area contributed by atoms with Gasteiger partial charge in [-0.3, -0.25) is 14.6 Å². The molecule has 7 nitrogen and oxygen atoms in total. The lowest BCUT2D eigenvalue weighted by Gasteiger charge is -2.23. The molecule has 1 aliphatic heterocycles. The number of hydrogen-bond acceptors (Lipinski definition) is 6. The highest BCUT2D eigenvalue weighted by molar-refractivity contribution is 9.10. The molecule has 2 unspecified atom stereocenters. The lowest BCUT2D eigenvalue weighted by atomic mass is 9.94. The summed E-state index contributed by atoms with van der Waals surface area (Å²) in [6.07, 6.45) is 4.62. The Morgan fingerprint density at radius 3 is 2.88 bits per heavy atom. The van der Waals surface area contributed by atoms with E-state index in [9.17, 15) is 9.59 Å².